The number of halogens is 5. The van der Waals surface area contributed by atoms with Crippen LogP contribution in [-0.2, 0) is 5.88 Å². The molecule has 0 fully saturated rings. The predicted octanol–water partition coefficient (Wildman–Crippen LogP) is 4.59. The van der Waals surface area contributed by atoms with Crippen molar-refractivity contribution in [3.8, 4) is 5.75 Å². The lowest BCUT2D eigenvalue weighted by Crippen LogP contribution is -2.07. The number of hydrogen-bond acceptors (Lipinski definition) is 1. The van der Waals surface area contributed by atoms with Gasteiger partial charge in [0.05, 0.1) is 8.95 Å². The van der Waals surface area contributed by atoms with Crippen LogP contribution in [0.5, 0.6) is 5.75 Å². The van der Waals surface area contributed by atoms with E-state index < -0.39 is 13.0 Å². The Morgan fingerprint density at radius 1 is 1.27 bits per heavy atom. The minimum atomic E-state index is -2.49. The molecule has 0 saturated carbocycles. The summed E-state index contributed by atoms with van der Waals surface area (Å²) in [5, 5.41) is 0. The minimum absolute atomic E-state index is 0.353. The van der Waals surface area contributed by atoms with E-state index in [9.17, 15) is 8.78 Å². The van der Waals surface area contributed by atoms with Crippen LogP contribution in [0, 0.1) is 0 Å². The number of rotatable bonds is 4. The van der Waals surface area contributed by atoms with Crippen LogP contribution in [0.4, 0.5) is 8.78 Å². The van der Waals surface area contributed by atoms with Gasteiger partial charge < -0.3 is 4.74 Å². The summed E-state index contributed by atoms with van der Waals surface area (Å²) in [6.45, 7) is -0.628. The molecule has 0 aromatic heterocycles. The molecule has 6 heteroatoms. The normalized spacial score (nSPS) is 10.8. The van der Waals surface area contributed by atoms with Crippen molar-refractivity contribution in [1.82, 2.24) is 0 Å². The molecule has 0 N–H and O–H groups in total. The highest BCUT2D eigenvalue weighted by Crippen LogP contribution is 2.35. The van der Waals surface area contributed by atoms with Crippen LogP contribution in [0.2, 0.25) is 0 Å². The monoisotopic (exact) mass is 362 g/mol. The molecule has 84 valence electrons. The van der Waals surface area contributed by atoms with Gasteiger partial charge in [0.2, 0.25) is 0 Å². The fourth-order valence-corrected chi connectivity index (χ4v) is 2.64. The quantitative estimate of drug-likeness (QED) is 0.710. The van der Waals surface area contributed by atoms with E-state index in [0.29, 0.717) is 20.6 Å². The first-order valence-corrected chi connectivity index (χ1v) is 6.11. The molecule has 0 aliphatic rings. The van der Waals surface area contributed by atoms with E-state index in [1.54, 1.807) is 12.1 Å². The maximum absolute atomic E-state index is 12.0. The SMILES string of the molecule is FC(F)COc1c(Br)cc(CCl)cc1Br. The lowest BCUT2D eigenvalue weighted by molar-refractivity contribution is 0.0811. The Bertz CT molecular complexity index is 324. The standard InChI is InChI=1S/C9H7Br2ClF2O/c10-6-1-5(3-12)2-7(11)9(6)15-4-8(13)14/h1-2,8H,3-4H2. The van der Waals surface area contributed by atoms with Gasteiger partial charge in [0.1, 0.15) is 12.4 Å². The first-order chi connectivity index (χ1) is 7.04. The molecule has 0 radical (unpaired) electrons. The Morgan fingerprint density at radius 3 is 2.20 bits per heavy atom. The Hall–Kier alpha value is 0.130. The molecule has 0 saturated heterocycles. The van der Waals surface area contributed by atoms with Crippen molar-refractivity contribution < 1.29 is 13.5 Å². The summed E-state index contributed by atoms with van der Waals surface area (Å²) in [4.78, 5) is 0. The summed E-state index contributed by atoms with van der Waals surface area (Å²) < 4.78 is 30.1. The highest BCUT2D eigenvalue weighted by molar-refractivity contribution is 9.11. The average Bonchev–Trinajstić information content (AvgIpc) is 2.15. The molecule has 1 aromatic rings. The summed E-state index contributed by atoms with van der Waals surface area (Å²) in [6, 6.07) is 3.47. The van der Waals surface area contributed by atoms with Crippen LogP contribution >= 0.6 is 43.5 Å². The number of hydrogen-bond donors (Lipinski definition) is 0. The van der Waals surface area contributed by atoms with Crippen molar-refractivity contribution in [1.29, 1.82) is 0 Å². The van der Waals surface area contributed by atoms with E-state index in [2.05, 4.69) is 31.9 Å². The number of benzene rings is 1. The molecular formula is C9H7Br2ClF2O. The number of alkyl halides is 3. The molecule has 0 aliphatic heterocycles. The molecule has 0 bridgehead atoms. The first-order valence-electron chi connectivity index (χ1n) is 3.99. The minimum Gasteiger partial charge on any atom is -0.485 e. The van der Waals surface area contributed by atoms with E-state index >= 15 is 0 Å². The maximum atomic E-state index is 12.0. The molecule has 0 spiro atoms. The fraction of sp³-hybridized carbons (Fsp3) is 0.333. The summed E-state index contributed by atoms with van der Waals surface area (Å²) in [6.07, 6.45) is -2.49. The molecule has 1 nitrogen and oxygen atoms in total. The van der Waals surface area contributed by atoms with Crippen molar-refractivity contribution in [3.63, 3.8) is 0 Å². The third kappa shape index (κ3) is 3.89. The van der Waals surface area contributed by atoms with Crippen molar-refractivity contribution in [2.75, 3.05) is 6.61 Å². The second kappa shape index (κ2) is 6.01. The van der Waals surface area contributed by atoms with E-state index in [0.717, 1.165) is 5.56 Å². The van der Waals surface area contributed by atoms with E-state index in [4.69, 9.17) is 16.3 Å². The van der Waals surface area contributed by atoms with Gasteiger partial charge in [-0.15, -0.1) is 11.6 Å². The van der Waals surface area contributed by atoms with Gasteiger partial charge in [0, 0.05) is 5.88 Å². The zero-order valence-corrected chi connectivity index (χ0v) is 11.4. The Balaban J connectivity index is 2.88. The first kappa shape index (κ1) is 13.2. The van der Waals surface area contributed by atoms with Crippen LogP contribution in [0.1, 0.15) is 5.56 Å². The van der Waals surface area contributed by atoms with Gasteiger partial charge in [0.25, 0.3) is 6.43 Å². The van der Waals surface area contributed by atoms with Gasteiger partial charge in [-0.3, -0.25) is 0 Å². The smallest absolute Gasteiger partial charge is 0.272 e. The van der Waals surface area contributed by atoms with Crippen LogP contribution in [-0.4, -0.2) is 13.0 Å². The second-order valence-electron chi connectivity index (χ2n) is 2.72. The van der Waals surface area contributed by atoms with Gasteiger partial charge in [-0.25, -0.2) is 8.78 Å². The van der Waals surface area contributed by atoms with Gasteiger partial charge in [0.15, 0.2) is 0 Å². The zero-order chi connectivity index (χ0) is 11.4. The predicted molar refractivity (Wildman–Crippen MR) is 62.9 cm³/mol. The van der Waals surface area contributed by atoms with Gasteiger partial charge >= 0.3 is 0 Å². The van der Waals surface area contributed by atoms with Gasteiger partial charge in [-0.1, -0.05) is 0 Å². The highest BCUT2D eigenvalue weighted by Gasteiger charge is 2.11. The molecule has 1 aromatic carbocycles. The van der Waals surface area contributed by atoms with E-state index in [1.165, 1.54) is 0 Å². The Labute approximate surface area is 108 Å². The Kier molecular flexibility index (Phi) is 5.29. The van der Waals surface area contributed by atoms with Crippen LogP contribution in [0.15, 0.2) is 21.1 Å². The topological polar surface area (TPSA) is 9.23 Å². The largest absolute Gasteiger partial charge is 0.485 e. The van der Waals surface area contributed by atoms with Crippen molar-refractivity contribution >= 4 is 43.5 Å². The molecule has 1 rings (SSSR count). The summed E-state index contributed by atoms with van der Waals surface area (Å²) >= 11 is 12.1. The van der Waals surface area contributed by atoms with Gasteiger partial charge in [-0.2, -0.15) is 0 Å². The molecule has 0 heterocycles. The van der Waals surface area contributed by atoms with Crippen LogP contribution < -0.4 is 4.74 Å². The van der Waals surface area contributed by atoms with Crippen molar-refractivity contribution in [3.05, 3.63) is 26.6 Å². The molecular weight excluding hydrogens is 357 g/mol. The van der Waals surface area contributed by atoms with Crippen molar-refractivity contribution in [2.24, 2.45) is 0 Å². The average molecular weight is 364 g/mol. The lowest BCUT2D eigenvalue weighted by Gasteiger charge is -2.10. The molecule has 0 amide bonds. The summed E-state index contributed by atoms with van der Waals surface area (Å²) in [5.74, 6) is 0.718. The third-order valence-electron chi connectivity index (χ3n) is 1.57. The molecule has 15 heavy (non-hydrogen) atoms. The third-order valence-corrected chi connectivity index (χ3v) is 3.05. The summed E-state index contributed by atoms with van der Waals surface area (Å²) in [7, 11) is 0. The lowest BCUT2D eigenvalue weighted by atomic mass is 10.2. The van der Waals surface area contributed by atoms with Gasteiger partial charge in [-0.05, 0) is 49.6 Å². The zero-order valence-electron chi connectivity index (χ0n) is 7.44. The molecule has 0 unspecified atom stereocenters. The fourth-order valence-electron chi connectivity index (χ4n) is 0.974. The molecule has 0 atom stereocenters. The maximum Gasteiger partial charge on any atom is 0.272 e. The number of ether oxygens (including phenoxy) is 1. The van der Waals surface area contributed by atoms with Crippen molar-refractivity contribution in [2.45, 2.75) is 12.3 Å². The molecule has 0 aliphatic carbocycles. The van der Waals surface area contributed by atoms with E-state index in [1.807, 2.05) is 0 Å². The van der Waals surface area contributed by atoms with E-state index in [-0.39, 0.29) is 0 Å². The summed E-state index contributed by atoms with van der Waals surface area (Å²) in [5.41, 5.74) is 0.875. The second-order valence-corrected chi connectivity index (χ2v) is 4.70. The highest BCUT2D eigenvalue weighted by atomic mass is 79.9. The Morgan fingerprint density at radius 2 is 1.80 bits per heavy atom. The van der Waals surface area contributed by atoms with Crippen LogP contribution in [0.25, 0.3) is 0 Å². The van der Waals surface area contributed by atoms with Crippen LogP contribution in [0.3, 0.4) is 0 Å².